The summed E-state index contributed by atoms with van der Waals surface area (Å²) in [7, 11) is 1.64. The molecule has 0 amide bonds. The van der Waals surface area contributed by atoms with Crippen LogP contribution in [0.1, 0.15) is 13.8 Å². The Morgan fingerprint density at radius 3 is 2.86 bits per heavy atom. The van der Waals surface area contributed by atoms with Crippen molar-refractivity contribution in [2.75, 3.05) is 7.11 Å². The molecule has 0 bridgehead atoms. The van der Waals surface area contributed by atoms with Crippen LogP contribution >= 0.6 is 0 Å². The minimum absolute atomic E-state index is 0.136. The molecular weight excluding hydrogens is 180 g/mol. The highest BCUT2D eigenvalue weighted by molar-refractivity contribution is 5.39. The quantitative estimate of drug-likeness (QED) is 0.598. The van der Waals surface area contributed by atoms with Crippen LogP contribution in [0.5, 0.6) is 0 Å². The predicted molar refractivity (Wildman–Crippen MR) is 52.4 cm³/mol. The Balaban J connectivity index is 2.26. The standard InChI is InChI=1S/C11H14O3/c1-11(2)7-8-4-5-9(12-3)6-10(8)13-14-11/h4-7,10H,1-3H3. The van der Waals surface area contributed by atoms with E-state index in [4.69, 9.17) is 14.5 Å². The van der Waals surface area contributed by atoms with E-state index in [1.807, 2.05) is 32.1 Å². The molecule has 0 saturated carbocycles. The Kier molecular flexibility index (Phi) is 2.21. The molecule has 1 aliphatic carbocycles. The molecule has 1 heterocycles. The van der Waals surface area contributed by atoms with E-state index in [1.54, 1.807) is 7.11 Å². The Morgan fingerprint density at radius 1 is 1.36 bits per heavy atom. The van der Waals surface area contributed by atoms with E-state index in [1.165, 1.54) is 0 Å². The molecule has 1 atom stereocenters. The van der Waals surface area contributed by atoms with Gasteiger partial charge in [-0.2, -0.15) is 0 Å². The molecule has 0 spiro atoms. The maximum absolute atomic E-state index is 5.25. The SMILES string of the molecule is COC1=CC2OOC(C)(C)C=C2C=C1. The molecule has 0 aromatic rings. The van der Waals surface area contributed by atoms with E-state index in [0.717, 1.165) is 11.3 Å². The minimum atomic E-state index is -0.353. The van der Waals surface area contributed by atoms with Crippen LogP contribution in [0.4, 0.5) is 0 Å². The third-order valence-corrected chi connectivity index (χ3v) is 2.20. The van der Waals surface area contributed by atoms with E-state index in [9.17, 15) is 0 Å². The van der Waals surface area contributed by atoms with Crippen LogP contribution in [-0.4, -0.2) is 18.8 Å². The van der Waals surface area contributed by atoms with E-state index in [0.29, 0.717) is 0 Å². The highest BCUT2D eigenvalue weighted by atomic mass is 17.2. The average molecular weight is 194 g/mol. The number of allylic oxidation sites excluding steroid dienone is 1. The minimum Gasteiger partial charge on any atom is -0.497 e. The van der Waals surface area contributed by atoms with Crippen molar-refractivity contribution in [2.45, 2.75) is 25.6 Å². The lowest BCUT2D eigenvalue weighted by molar-refractivity contribution is -0.358. The molecule has 0 fully saturated rings. The molecule has 14 heavy (non-hydrogen) atoms. The highest BCUT2D eigenvalue weighted by Crippen LogP contribution is 2.29. The summed E-state index contributed by atoms with van der Waals surface area (Å²) in [5.41, 5.74) is 0.760. The van der Waals surface area contributed by atoms with Crippen molar-refractivity contribution in [3.63, 3.8) is 0 Å². The summed E-state index contributed by atoms with van der Waals surface area (Å²) >= 11 is 0. The van der Waals surface area contributed by atoms with E-state index >= 15 is 0 Å². The Labute approximate surface area is 83.6 Å². The van der Waals surface area contributed by atoms with Gasteiger partial charge in [0.15, 0.2) is 0 Å². The number of hydrogen-bond donors (Lipinski definition) is 0. The van der Waals surface area contributed by atoms with Crippen LogP contribution in [0.25, 0.3) is 0 Å². The molecule has 3 nitrogen and oxygen atoms in total. The van der Waals surface area contributed by atoms with Crippen LogP contribution in [0.2, 0.25) is 0 Å². The van der Waals surface area contributed by atoms with Crippen molar-refractivity contribution in [3.05, 3.63) is 35.6 Å². The van der Waals surface area contributed by atoms with Crippen LogP contribution in [0.15, 0.2) is 35.6 Å². The third-order valence-electron chi connectivity index (χ3n) is 2.20. The molecule has 1 unspecified atom stereocenters. The lowest BCUT2D eigenvalue weighted by Crippen LogP contribution is -2.32. The maximum atomic E-state index is 5.25. The Hall–Kier alpha value is -1.06. The topological polar surface area (TPSA) is 27.7 Å². The maximum Gasteiger partial charge on any atom is 0.140 e. The number of hydrogen-bond acceptors (Lipinski definition) is 3. The molecule has 0 aromatic carbocycles. The second-order valence-corrected chi connectivity index (χ2v) is 3.95. The Bertz CT molecular complexity index is 323. The first-order valence-corrected chi connectivity index (χ1v) is 4.62. The molecular formula is C11H14O3. The molecule has 0 N–H and O–H groups in total. The molecule has 0 saturated heterocycles. The molecule has 0 radical (unpaired) electrons. The van der Waals surface area contributed by atoms with Gasteiger partial charge in [-0.05, 0) is 37.6 Å². The van der Waals surface area contributed by atoms with Gasteiger partial charge in [-0.3, -0.25) is 0 Å². The van der Waals surface area contributed by atoms with Gasteiger partial charge in [0.1, 0.15) is 17.5 Å². The van der Waals surface area contributed by atoms with Crippen LogP contribution in [0.3, 0.4) is 0 Å². The summed E-state index contributed by atoms with van der Waals surface area (Å²) in [6.07, 6.45) is 7.73. The summed E-state index contributed by atoms with van der Waals surface area (Å²) in [5, 5.41) is 0. The zero-order valence-electron chi connectivity index (χ0n) is 8.61. The first-order chi connectivity index (χ1) is 6.61. The fraction of sp³-hybridized carbons (Fsp3) is 0.455. The number of ether oxygens (including phenoxy) is 1. The fourth-order valence-electron chi connectivity index (χ4n) is 1.53. The smallest absolute Gasteiger partial charge is 0.140 e. The van der Waals surface area contributed by atoms with Crippen molar-refractivity contribution in [3.8, 4) is 0 Å². The third kappa shape index (κ3) is 1.74. The molecule has 1 aliphatic heterocycles. The van der Waals surface area contributed by atoms with Crippen molar-refractivity contribution in [1.82, 2.24) is 0 Å². The van der Waals surface area contributed by atoms with E-state index in [-0.39, 0.29) is 11.7 Å². The molecule has 3 heteroatoms. The van der Waals surface area contributed by atoms with Gasteiger partial charge in [-0.25, -0.2) is 9.78 Å². The van der Waals surface area contributed by atoms with E-state index < -0.39 is 0 Å². The lowest BCUT2D eigenvalue weighted by atomic mass is 9.97. The molecule has 2 rings (SSSR count). The largest absolute Gasteiger partial charge is 0.497 e. The van der Waals surface area contributed by atoms with Gasteiger partial charge in [-0.1, -0.05) is 6.08 Å². The lowest BCUT2D eigenvalue weighted by Gasteiger charge is -2.31. The van der Waals surface area contributed by atoms with Crippen molar-refractivity contribution < 1.29 is 14.5 Å². The van der Waals surface area contributed by atoms with Crippen molar-refractivity contribution >= 4 is 0 Å². The zero-order chi connectivity index (χ0) is 10.2. The van der Waals surface area contributed by atoms with Gasteiger partial charge in [0.05, 0.1) is 7.11 Å². The second-order valence-electron chi connectivity index (χ2n) is 3.95. The summed E-state index contributed by atoms with van der Waals surface area (Å²) < 4.78 is 5.10. The molecule has 76 valence electrons. The Morgan fingerprint density at radius 2 is 2.14 bits per heavy atom. The van der Waals surface area contributed by atoms with Gasteiger partial charge < -0.3 is 4.74 Å². The summed E-state index contributed by atoms with van der Waals surface area (Å²) in [6.45, 7) is 3.92. The van der Waals surface area contributed by atoms with Gasteiger partial charge in [0.2, 0.25) is 0 Å². The van der Waals surface area contributed by atoms with Crippen LogP contribution in [0, 0.1) is 0 Å². The van der Waals surface area contributed by atoms with Crippen molar-refractivity contribution in [2.24, 2.45) is 0 Å². The summed E-state index contributed by atoms with van der Waals surface area (Å²) in [5.74, 6) is 0.801. The molecule has 2 aliphatic rings. The monoisotopic (exact) mass is 194 g/mol. The predicted octanol–water partition coefficient (Wildman–Crippen LogP) is 2.12. The first-order valence-electron chi connectivity index (χ1n) is 4.62. The van der Waals surface area contributed by atoms with Crippen molar-refractivity contribution in [1.29, 1.82) is 0 Å². The van der Waals surface area contributed by atoms with Gasteiger partial charge in [-0.15, -0.1) is 0 Å². The zero-order valence-corrected chi connectivity index (χ0v) is 8.61. The first kappa shape index (κ1) is 9.49. The molecule has 0 aromatic heterocycles. The summed E-state index contributed by atoms with van der Waals surface area (Å²) in [4.78, 5) is 10.5. The van der Waals surface area contributed by atoms with Gasteiger partial charge >= 0.3 is 0 Å². The average Bonchev–Trinajstić information content (AvgIpc) is 2.16. The summed E-state index contributed by atoms with van der Waals surface area (Å²) in [6, 6.07) is 0. The number of rotatable bonds is 1. The van der Waals surface area contributed by atoms with Crippen LogP contribution < -0.4 is 0 Å². The number of fused-ring (bicyclic) bond motifs is 1. The second kappa shape index (κ2) is 3.26. The van der Waals surface area contributed by atoms with Crippen LogP contribution in [-0.2, 0) is 14.5 Å². The normalized spacial score (nSPS) is 28.9. The van der Waals surface area contributed by atoms with E-state index in [2.05, 4.69) is 6.08 Å². The van der Waals surface area contributed by atoms with Gasteiger partial charge in [0, 0.05) is 0 Å². The number of methoxy groups -OCH3 is 1. The highest BCUT2D eigenvalue weighted by Gasteiger charge is 2.29. The van der Waals surface area contributed by atoms with Gasteiger partial charge in [0.25, 0.3) is 0 Å². The fourth-order valence-corrected chi connectivity index (χ4v) is 1.53.